The lowest BCUT2D eigenvalue weighted by Crippen LogP contribution is -2.25. The first-order valence-electron chi connectivity index (χ1n) is 4.66. The average molecular weight is 238 g/mol. The lowest BCUT2D eigenvalue weighted by atomic mass is 9.97. The van der Waals surface area contributed by atoms with Crippen LogP contribution in [0.4, 0.5) is 0 Å². The fourth-order valence-electron chi connectivity index (χ4n) is 1.32. The van der Waals surface area contributed by atoms with Crippen LogP contribution in [0.25, 0.3) is 0 Å². The molecule has 0 bridgehead atoms. The summed E-state index contributed by atoms with van der Waals surface area (Å²) in [7, 11) is 1.20. The van der Waals surface area contributed by atoms with Crippen molar-refractivity contribution in [2.45, 2.75) is 24.8 Å². The van der Waals surface area contributed by atoms with E-state index in [2.05, 4.69) is 9.05 Å². The molecule has 0 spiro atoms. The van der Waals surface area contributed by atoms with Gasteiger partial charge < -0.3 is 23.6 Å². The summed E-state index contributed by atoms with van der Waals surface area (Å²) in [5, 5.41) is 9.48. The SMILES string of the molecule is BC1CC(O)C(OCP(=O)(OC)OC)O1. The molecule has 1 saturated heterocycles. The Bertz CT molecular complexity index is 242. The van der Waals surface area contributed by atoms with Crippen molar-refractivity contribution < 1.29 is 28.2 Å². The maximum absolute atomic E-state index is 11.6. The molecule has 1 N–H and O–H groups in total. The van der Waals surface area contributed by atoms with Gasteiger partial charge >= 0.3 is 7.60 Å². The van der Waals surface area contributed by atoms with Crippen LogP contribution in [0, 0.1) is 0 Å². The van der Waals surface area contributed by atoms with Gasteiger partial charge in [0.2, 0.25) is 0 Å². The van der Waals surface area contributed by atoms with E-state index in [1.54, 1.807) is 0 Å². The number of aliphatic hydroxyl groups excluding tert-OH is 1. The highest BCUT2D eigenvalue weighted by Crippen LogP contribution is 2.46. The van der Waals surface area contributed by atoms with Crippen molar-refractivity contribution in [3.05, 3.63) is 0 Å². The number of hydrogen-bond donors (Lipinski definition) is 1. The molecule has 0 aromatic heterocycles. The Morgan fingerprint density at radius 1 is 1.53 bits per heavy atom. The zero-order valence-corrected chi connectivity index (χ0v) is 9.98. The van der Waals surface area contributed by atoms with E-state index in [1.807, 2.05) is 7.85 Å². The summed E-state index contributed by atoms with van der Waals surface area (Å²) in [6.07, 6.45) is -1.16. The van der Waals surface area contributed by atoms with Crippen LogP contribution in [0.2, 0.25) is 0 Å². The minimum absolute atomic E-state index is 0.0607. The highest BCUT2D eigenvalue weighted by atomic mass is 31.2. The largest absolute Gasteiger partial charge is 0.388 e. The first kappa shape index (κ1) is 13.2. The molecule has 3 unspecified atom stereocenters. The van der Waals surface area contributed by atoms with E-state index in [1.165, 1.54) is 14.2 Å². The van der Waals surface area contributed by atoms with Gasteiger partial charge in [0.05, 0.1) is 0 Å². The van der Waals surface area contributed by atoms with Gasteiger partial charge in [-0.2, -0.15) is 0 Å². The molecule has 0 saturated carbocycles. The standard InChI is InChI=1S/C7H16BO6P/c1-11-15(10,12-2)4-13-7-5(9)3-6(8)14-7/h5-7,9H,3-4,8H2,1-2H3. The molecule has 0 amide bonds. The van der Waals surface area contributed by atoms with Crippen molar-refractivity contribution >= 4 is 15.4 Å². The molecule has 1 aliphatic heterocycles. The molecule has 3 atom stereocenters. The maximum atomic E-state index is 11.6. The fraction of sp³-hybridized carbons (Fsp3) is 1.00. The molecule has 1 rings (SSSR count). The molecule has 1 aliphatic rings. The van der Waals surface area contributed by atoms with Crippen LogP contribution in [0.5, 0.6) is 0 Å². The van der Waals surface area contributed by atoms with Gasteiger partial charge in [0, 0.05) is 20.2 Å². The Kier molecular flexibility index (Phi) is 4.77. The van der Waals surface area contributed by atoms with Crippen molar-refractivity contribution in [1.82, 2.24) is 0 Å². The summed E-state index contributed by atoms with van der Waals surface area (Å²) >= 11 is 0. The fourth-order valence-corrected chi connectivity index (χ4v) is 2.01. The van der Waals surface area contributed by atoms with E-state index in [0.29, 0.717) is 6.42 Å². The molecule has 6 nitrogen and oxygen atoms in total. The van der Waals surface area contributed by atoms with Crippen LogP contribution >= 0.6 is 7.60 Å². The first-order chi connectivity index (χ1) is 7.00. The van der Waals surface area contributed by atoms with E-state index in [0.717, 1.165) is 0 Å². The second-order valence-electron chi connectivity index (χ2n) is 3.39. The highest BCUT2D eigenvalue weighted by molar-refractivity contribution is 7.53. The number of aliphatic hydroxyl groups is 1. The van der Waals surface area contributed by atoms with Gasteiger partial charge in [-0.15, -0.1) is 0 Å². The predicted octanol–water partition coefficient (Wildman–Crippen LogP) is -0.487. The van der Waals surface area contributed by atoms with Gasteiger partial charge in [0.15, 0.2) is 12.6 Å². The smallest absolute Gasteiger partial charge is 0.355 e. The van der Waals surface area contributed by atoms with Gasteiger partial charge in [-0.25, -0.2) is 0 Å². The van der Waals surface area contributed by atoms with Gasteiger partial charge in [0.25, 0.3) is 0 Å². The number of rotatable bonds is 5. The Balaban J connectivity index is 2.40. The van der Waals surface area contributed by atoms with Crippen molar-refractivity contribution in [3.8, 4) is 0 Å². The van der Waals surface area contributed by atoms with Crippen LogP contribution in [-0.2, 0) is 23.1 Å². The Hall–Kier alpha value is 0.0949. The van der Waals surface area contributed by atoms with E-state index in [9.17, 15) is 9.67 Å². The highest BCUT2D eigenvalue weighted by Gasteiger charge is 2.34. The van der Waals surface area contributed by atoms with Gasteiger partial charge in [-0.05, 0) is 6.42 Å². The summed E-state index contributed by atoms with van der Waals surface area (Å²) < 4.78 is 31.3. The minimum atomic E-state index is -3.19. The third-order valence-electron chi connectivity index (χ3n) is 2.21. The van der Waals surface area contributed by atoms with Crippen LogP contribution in [0.15, 0.2) is 0 Å². The summed E-state index contributed by atoms with van der Waals surface area (Å²) in [5.74, 6) is 0. The van der Waals surface area contributed by atoms with Crippen LogP contribution < -0.4 is 0 Å². The van der Waals surface area contributed by atoms with Gasteiger partial charge in [-0.1, -0.05) is 0 Å². The molecule has 0 aromatic rings. The summed E-state index contributed by atoms with van der Waals surface area (Å²) in [4.78, 5) is 0. The van der Waals surface area contributed by atoms with Crippen LogP contribution in [0.1, 0.15) is 6.42 Å². The van der Waals surface area contributed by atoms with Gasteiger partial charge in [-0.3, -0.25) is 4.57 Å². The molecule has 15 heavy (non-hydrogen) atoms. The van der Waals surface area contributed by atoms with Crippen molar-refractivity contribution in [2.24, 2.45) is 0 Å². The molecule has 1 fully saturated rings. The van der Waals surface area contributed by atoms with Gasteiger partial charge in [0.1, 0.15) is 14.0 Å². The first-order valence-corrected chi connectivity index (χ1v) is 6.39. The Morgan fingerprint density at radius 3 is 2.53 bits per heavy atom. The Morgan fingerprint density at radius 2 is 2.13 bits per heavy atom. The summed E-state index contributed by atoms with van der Waals surface area (Å²) in [6.45, 7) is 0. The summed E-state index contributed by atoms with van der Waals surface area (Å²) in [6, 6.07) is -0.0607. The number of hydrogen-bond acceptors (Lipinski definition) is 6. The minimum Gasteiger partial charge on any atom is -0.388 e. The van der Waals surface area contributed by atoms with Crippen molar-refractivity contribution in [1.29, 1.82) is 0 Å². The lowest BCUT2D eigenvalue weighted by Gasteiger charge is -2.18. The van der Waals surface area contributed by atoms with E-state index >= 15 is 0 Å². The Labute approximate surface area is 89.8 Å². The summed E-state index contributed by atoms with van der Waals surface area (Å²) in [5.41, 5.74) is 0. The molecule has 0 aliphatic carbocycles. The maximum Gasteiger partial charge on any atom is 0.355 e. The second-order valence-corrected chi connectivity index (χ2v) is 5.60. The molecular weight excluding hydrogens is 222 g/mol. The normalized spacial score (nSPS) is 32.1. The van der Waals surface area contributed by atoms with E-state index in [4.69, 9.17) is 9.47 Å². The monoisotopic (exact) mass is 238 g/mol. The molecule has 88 valence electrons. The van der Waals surface area contributed by atoms with E-state index in [-0.39, 0.29) is 12.4 Å². The second kappa shape index (κ2) is 5.43. The average Bonchev–Trinajstić information content (AvgIpc) is 2.54. The third-order valence-corrected chi connectivity index (χ3v) is 3.79. The molecule has 1 heterocycles. The quantitative estimate of drug-likeness (QED) is 0.514. The van der Waals surface area contributed by atoms with Crippen LogP contribution in [-0.4, -0.2) is 51.9 Å². The lowest BCUT2D eigenvalue weighted by molar-refractivity contribution is -0.146. The zero-order chi connectivity index (χ0) is 11.5. The zero-order valence-electron chi connectivity index (χ0n) is 9.08. The van der Waals surface area contributed by atoms with E-state index < -0.39 is 20.0 Å². The molecule has 8 heteroatoms. The van der Waals surface area contributed by atoms with Crippen molar-refractivity contribution in [3.63, 3.8) is 0 Å². The van der Waals surface area contributed by atoms with Crippen molar-refractivity contribution in [2.75, 3.05) is 20.6 Å². The molecular formula is C7H16BO6P. The third kappa shape index (κ3) is 3.55. The molecule has 0 radical (unpaired) electrons. The molecule has 0 aromatic carbocycles. The van der Waals surface area contributed by atoms with Crippen LogP contribution in [0.3, 0.4) is 0 Å². The predicted molar refractivity (Wildman–Crippen MR) is 55.4 cm³/mol. The number of ether oxygens (including phenoxy) is 2. The topological polar surface area (TPSA) is 74.2 Å².